The molecule has 104 valence electrons. The van der Waals surface area contributed by atoms with Crippen LogP contribution in [-0.2, 0) is 11.3 Å². The molecule has 0 spiro atoms. The lowest BCUT2D eigenvalue weighted by Gasteiger charge is -2.22. The van der Waals surface area contributed by atoms with Crippen LogP contribution in [0.5, 0.6) is 0 Å². The molecule has 0 aromatic carbocycles. The van der Waals surface area contributed by atoms with E-state index in [0.29, 0.717) is 10.7 Å². The third-order valence-electron chi connectivity index (χ3n) is 3.08. The van der Waals surface area contributed by atoms with Crippen molar-refractivity contribution in [2.24, 2.45) is 0 Å². The lowest BCUT2D eigenvalue weighted by molar-refractivity contribution is -0.123. The Kier molecular flexibility index (Phi) is 4.49. The lowest BCUT2D eigenvalue weighted by Crippen LogP contribution is -2.46. The van der Waals surface area contributed by atoms with E-state index in [9.17, 15) is 9.59 Å². The molecule has 0 aliphatic carbocycles. The van der Waals surface area contributed by atoms with Gasteiger partial charge in [-0.25, -0.2) is 9.78 Å². The second kappa shape index (κ2) is 6.12. The van der Waals surface area contributed by atoms with E-state index in [0.717, 1.165) is 37.1 Å². The first-order valence-electron chi connectivity index (χ1n) is 6.28. The standard InChI is InChI=1S/C12H17N3O3S/c1-7-10(12(17)18)19-9(15-7)6-14-11(16)8-4-2-3-5-13-8/h8,13H,2-6H2,1H3,(H,14,16)(H,17,18)/t8-/m0/s1. The third-order valence-corrected chi connectivity index (χ3v) is 4.22. The van der Waals surface area contributed by atoms with Crippen molar-refractivity contribution in [2.75, 3.05) is 6.54 Å². The Morgan fingerprint density at radius 1 is 1.53 bits per heavy atom. The lowest BCUT2D eigenvalue weighted by atomic mass is 10.0. The van der Waals surface area contributed by atoms with E-state index in [1.54, 1.807) is 6.92 Å². The van der Waals surface area contributed by atoms with Crippen molar-refractivity contribution in [1.29, 1.82) is 0 Å². The average molecular weight is 283 g/mol. The molecule has 1 saturated heterocycles. The molecule has 1 aliphatic rings. The van der Waals surface area contributed by atoms with Gasteiger partial charge in [0.05, 0.1) is 18.3 Å². The zero-order chi connectivity index (χ0) is 13.8. The van der Waals surface area contributed by atoms with Crippen molar-refractivity contribution in [2.45, 2.75) is 38.8 Å². The Balaban J connectivity index is 1.89. The number of carboxylic acids is 1. The summed E-state index contributed by atoms with van der Waals surface area (Å²) in [6, 6.07) is -0.131. The van der Waals surface area contributed by atoms with E-state index in [1.165, 1.54) is 0 Å². The topological polar surface area (TPSA) is 91.3 Å². The molecule has 6 nitrogen and oxygen atoms in total. The van der Waals surface area contributed by atoms with Crippen molar-refractivity contribution < 1.29 is 14.7 Å². The Morgan fingerprint density at radius 3 is 2.89 bits per heavy atom. The number of aromatic carboxylic acids is 1. The number of hydrogen-bond acceptors (Lipinski definition) is 5. The third kappa shape index (κ3) is 3.51. The molecule has 0 saturated carbocycles. The molecule has 1 aromatic rings. The van der Waals surface area contributed by atoms with E-state index in [1.807, 2.05) is 0 Å². The van der Waals surface area contributed by atoms with Gasteiger partial charge in [0.15, 0.2) is 0 Å². The number of thiazole rings is 1. The van der Waals surface area contributed by atoms with Crippen LogP contribution in [0.4, 0.5) is 0 Å². The normalized spacial score (nSPS) is 19.1. The van der Waals surface area contributed by atoms with Gasteiger partial charge in [-0.05, 0) is 26.3 Å². The predicted molar refractivity (Wildman–Crippen MR) is 71.3 cm³/mol. The summed E-state index contributed by atoms with van der Waals surface area (Å²) in [6.45, 7) is 2.82. The summed E-state index contributed by atoms with van der Waals surface area (Å²) in [6.07, 6.45) is 3.02. The van der Waals surface area contributed by atoms with Crippen molar-refractivity contribution in [1.82, 2.24) is 15.6 Å². The Morgan fingerprint density at radius 2 is 2.32 bits per heavy atom. The van der Waals surface area contributed by atoms with Crippen LogP contribution in [0.25, 0.3) is 0 Å². The number of aryl methyl sites for hydroxylation is 1. The van der Waals surface area contributed by atoms with Gasteiger partial charge in [0.25, 0.3) is 0 Å². The minimum absolute atomic E-state index is 0.0376. The van der Waals surface area contributed by atoms with Crippen LogP contribution in [0.1, 0.15) is 39.6 Å². The molecule has 0 radical (unpaired) electrons. The summed E-state index contributed by atoms with van der Waals surface area (Å²) < 4.78 is 0. The van der Waals surface area contributed by atoms with Gasteiger partial charge in [-0.1, -0.05) is 6.42 Å². The second-order valence-corrected chi connectivity index (χ2v) is 5.63. The number of aromatic nitrogens is 1. The van der Waals surface area contributed by atoms with Gasteiger partial charge < -0.3 is 15.7 Å². The minimum atomic E-state index is -0.971. The molecule has 0 bridgehead atoms. The first-order chi connectivity index (χ1) is 9.08. The number of amides is 1. The van der Waals surface area contributed by atoms with Crippen LogP contribution in [0.2, 0.25) is 0 Å². The van der Waals surface area contributed by atoms with Crippen LogP contribution in [0, 0.1) is 6.92 Å². The van der Waals surface area contributed by atoms with Gasteiger partial charge in [0, 0.05) is 0 Å². The number of carbonyl (C=O) groups excluding carboxylic acids is 1. The van der Waals surface area contributed by atoms with Crippen LogP contribution < -0.4 is 10.6 Å². The largest absolute Gasteiger partial charge is 0.477 e. The maximum absolute atomic E-state index is 11.9. The summed E-state index contributed by atoms with van der Waals surface area (Å²) in [4.78, 5) is 27.2. The molecule has 2 heterocycles. The molecule has 1 fully saturated rings. The Hall–Kier alpha value is -1.47. The summed E-state index contributed by atoms with van der Waals surface area (Å²) in [5, 5.41) is 15.5. The molecule has 1 aromatic heterocycles. The number of rotatable bonds is 4. The fourth-order valence-electron chi connectivity index (χ4n) is 2.09. The second-order valence-electron chi connectivity index (χ2n) is 4.55. The molecule has 3 N–H and O–H groups in total. The molecule has 1 amide bonds. The van der Waals surface area contributed by atoms with Crippen LogP contribution in [-0.4, -0.2) is 34.6 Å². The molecule has 19 heavy (non-hydrogen) atoms. The van der Waals surface area contributed by atoms with E-state index < -0.39 is 5.97 Å². The molecule has 1 aliphatic heterocycles. The average Bonchev–Trinajstić information content (AvgIpc) is 2.78. The molecular formula is C12H17N3O3S. The first-order valence-corrected chi connectivity index (χ1v) is 7.10. The fourth-order valence-corrected chi connectivity index (χ4v) is 2.93. The van der Waals surface area contributed by atoms with Crippen molar-refractivity contribution in [3.05, 3.63) is 15.6 Å². The summed E-state index contributed by atoms with van der Waals surface area (Å²) in [7, 11) is 0. The van der Waals surface area contributed by atoms with Gasteiger partial charge in [-0.2, -0.15) is 0 Å². The van der Waals surface area contributed by atoms with Gasteiger partial charge in [-0.3, -0.25) is 4.79 Å². The van der Waals surface area contributed by atoms with E-state index in [-0.39, 0.29) is 23.4 Å². The van der Waals surface area contributed by atoms with Crippen molar-refractivity contribution in [3.8, 4) is 0 Å². The summed E-state index contributed by atoms with van der Waals surface area (Å²) in [5.41, 5.74) is 0.498. The fraction of sp³-hybridized carbons (Fsp3) is 0.583. The van der Waals surface area contributed by atoms with E-state index in [4.69, 9.17) is 5.11 Å². The van der Waals surface area contributed by atoms with E-state index >= 15 is 0 Å². The SMILES string of the molecule is Cc1nc(CNC(=O)[C@@H]2CCCCN2)sc1C(=O)O. The van der Waals surface area contributed by atoms with Crippen LogP contribution in [0.15, 0.2) is 0 Å². The zero-order valence-electron chi connectivity index (χ0n) is 10.7. The monoisotopic (exact) mass is 283 g/mol. The number of carbonyl (C=O) groups is 2. The smallest absolute Gasteiger partial charge is 0.347 e. The summed E-state index contributed by atoms with van der Waals surface area (Å²) >= 11 is 1.11. The van der Waals surface area contributed by atoms with Crippen molar-refractivity contribution in [3.63, 3.8) is 0 Å². The van der Waals surface area contributed by atoms with Crippen molar-refractivity contribution >= 4 is 23.2 Å². The predicted octanol–water partition coefficient (Wildman–Crippen LogP) is 0.908. The highest BCUT2D eigenvalue weighted by Gasteiger charge is 2.21. The number of hydrogen-bond donors (Lipinski definition) is 3. The molecular weight excluding hydrogens is 266 g/mol. The molecule has 1 atom stereocenters. The summed E-state index contributed by atoms with van der Waals surface area (Å²) in [5.74, 6) is -1.01. The maximum Gasteiger partial charge on any atom is 0.347 e. The van der Waals surface area contributed by atoms with Crippen LogP contribution in [0.3, 0.4) is 0 Å². The molecule has 2 rings (SSSR count). The first kappa shape index (κ1) is 14.0. The Bertz CT molecular complexity index is 481. The minimum Gasteiger partial charge on any atom is -0.477 e. The van der Waals surface area contributed by atoms with E-state index in [2.05, 4.69) is 15.6 Å². The number of carboxylic acid groups (broad SMARTS) is 1. The maximum atomic E-state index is 11.9. The van der Waals surface area contributed by atoms with Crippen LogP contribution >= 0.6 is 11.3 Å². The van der Waals surface area contributed by atoms with Gasteiger partial charge in [0.2, 0.25) is 5.91 Å². The number of piperidine rings is 1. The molecule has 7 heteroatoms. The molecule has 0 unspecified atom stereocenters. The highest BCUT2D eigenvalue weighted by atomic mass is 32.1. The van der Waals surface area contributed by atoms with Gasteiger partial charge >= 0.3 is 5.97 Å². The number of nitrogens with one attached hydrogen (secondary N) is 2. The number of nitrogens with zero attached hydrogens (tertiary/aromatic N) is 1. The highest BCUT2D eigenvalue weighted by molar-refractivity contribution is 7.13. The zero-order valence-corrected chi connectivity index (χ0v) is 11.5. The quantitative estimate of drug-likeness (QED) is 0.764. The van der Waals surface area contributed by atoms with Gasteiger partial charge in [0.1, 0.15) is 9.88 Å². The van der Waals surface area contributed by atoms with Gasteiger partial charge in [-0.15, -0.1) is 11.3 Å². The Labute approximate surface area is 115 Å². The highest BCUT2D eigenvalue weighted by Crippen LogP contribution is 2.17.